The molecule has 0 radical (unpaired) electrons. The molecule has 6 heteroatoms. The molecular formula is C17H19FN4O. The maximum Gasteiger partial charge on any atom is 0.255 e. The fourth-order valence-corrected chi connectivity index (χ4v) is 2.62. The van der Waals surface area contributed by atoms with Gasteiger partial charge >= 0.3 is 0 Å². The molecule has 0 bridgehead atoms. The Morgan fingerprint density at radius 1 is 1.43 bits per heavy atom. The van der Waals surface area contributed by atoms with Crippen molar-refractivity contribution in [2.24, 2.45) is 0 Å². The smallest absolute Gasteiger partial charge is 0.255 e. The Balaban J connectivity index is 1.75. The highest BCUT2D eigenvalue weighted by Gasteiger charge is 2.17. The second-order valence-corrected chi connectivity index (χ2v) is 5.51. The molecule has 2 aromatic rings. The molecule has 1 amide bonds. The molecule has 0 aliphatic carbocycles. The van der Waals surface area contributed by atoms with Crippen LogP contribution in [0, 0.1) is 12.7 Å². The fraction of sp³-hybridized carbons (Fsp3) is 0.294. The number of nitrogens with one attached hydrogen (secondary N) is 2. The first-order valence-electron chi connectivity index (χ1n) is 7.63. The molecule has 1 aliphatic rings. The summed E-state index contributed by atoms with van der Waals surface area (Å²) in [6.45, 7) is 4.07. The minimum absolute atomic E-state index is 0.190. The summed E-state index contributed by atoms with van der Waals surface area (Å²) in [4.78, 5) is 12.3. The zero-order valence-electron chi connectivity index (χ0n) is 13.0. The predicted molar refractivity (Wildman–Crippen MR) is 86.2 cm³/mol. The van der Waals surface area contributed by atoms with Crippen LogP contribution in [0.4, 0.5) is 4.39 Å². The Bertz CT molecular complexity index is 751. The highest BCUT2D eigenvalue weighted by molar-refractivity contribution is 5.95. The zero-order chi connectivity index (χ0) is 16.2. The van der Waals surface area contributed by atoms with Crippen LogP contribution in [0.5, 0.6) is 0 Å². The molecule has 0 atom stereocenters. The summed E-state index contributed by atoms with van der Waals surface area (Å²) in [6.07, 6.45) is 4.51. The van der Waals surface area contributed by atoms with Crippen LogP contribution in [0.15, 0.2) is 42.1 Å². The summed E-state index contributed by atoms with van der Waals surface area (Å²) in [7, 11) is 0. The summed E-state index contributed by atoms with van der Waals surface area (Å²) >= 11 is 0. The van der Waals surface area contributed by atoms with Gasteiger partial charge in [0.05, 0.1) is 17.5 Å². The fourth-order valence-electron chi connectivity index (χ4n) is 2.62. The number of nitrogens with zero attached hydrogens (tertiary/aromatic N) is 2. The second kappa shape index (κ2) is 6.75. The number of hydrogen-bond acceptors (Lipinski definition) is 3. The summed E-state index contributed by atoms with van der Waals surface area (Å²) in [5.74, 6) is -0.560. The highest BCUT2D eigenvalue weighted by Crippen LogP contribution is 2.17. The lowest BCUT2D eigenvalue weighted by Gasteiger charge is -2.14. The van der Waals surface area contributed by atoms with Gasteiger partial charge in [-0.1, -0.05) is 23.8 Å². The lowest BCUT2D eigenvalue weighted by Crippen LogP contribution is -2.29. The molecular weight excluding hydrogens is 295 g/mol. The van der Waals surface area contributed by atoms with E-state index in [1.165, 1.54) is 22.5 Å². The van der Waals surface area contributed by atoms with Gasteiger partial charge in [-0.15, -0.1) is 0 Å². The first kappa shape index (κ1) is 15.4. The SMILES string of the molecule is Cc1c(C(=O)NCC2=CCNCC2)cnn1-c1ccccc1F. The molecule has 1 aromatic heterocycles. The molecule has 2 N–H and O–H groups in total. The average molecular weight is 314 g/mol. The van der Waals surface area contributed by atoms with Crippen molar-refractivity contribution in [2.75, 3.05) is 19.6 Å². The van der Waals surface area contributed by atoms with Crippen LogP contribution in [0.1, 0.15) is 22.5 Å². The number of rotatable bonds is 4. The third-order valence-electron chi connectivity index (χ3n) is 3.97. The topological polar surface area (TPSA) is 59.0 Å². The lowest BCUT2D eigenvalue weighted by atomic mass is 10.1. The highest BCUT2D eigenvalue weighted by atomic mass is 19.1. The molecule has 2 heterocycles. The largest absolute Gasteiger partial charge is 0.348 e. The Labute approximate surface area is 134 Å². The van der Waals surface area contributed by atoms with E-state index in [4.69, 9.17) is 0 Å². The molecule has 0 unspecified atom stereocenters. The molecule has 0 saturated carbocycles. The molecule has 0 fully saturated rings. The molecule has 0 spiro atoms. The maximum atomic E-state index is 13.9. The van der Waals surface area contributed by atoms with Crippen molar-refractivity contribution in [1.29, 1.82) is 0 Å². The first-order valence-corrected chi connectivity index (χ1v) is 7.63. The number of benzene rings is 1. The van der Waals surface area contributed by atoms with Gasteiger partial charge < -0.3 is 10.6 Å². The van der Waals surface area contributed by atoms with Gasteiger partial charge in [0.2, 0.25) is 0 Å². The summed E-state index contributed by atoms with van der Waals surface area (Å²) in [6, 6.07) is 6.37. The quantitative estimate of drug-likeness (QED) is 0.848. The van der Waals surface area contributed by atoms with Crippen molar-refractivity contribution in [2.45, 2.75) is 13.3 Å². The summed E-state index contributed by atoms with van der Waals surface area (Å²) < 4.78 is 15.3. The van der Waals surface area contributed by atoms with Crippen LogP contribution in [-0.2, 0) is 0 Å². The van der Waals surface area contributed by atoms with E-state index in [0.717, 1.165) is 19.5 Å². The van der Waals surface area contributed by atoms with Crippen molar-refractivity contribution in [3.05, 3.63) is 59.2 Å². The van der Waals surface area contributed by atoms with Crippen LogP contribution in [0.2, 0.25) is 0 Å². The normalized spacial score (nSPS) is 14.4. The van der Waals surface area contributed by atoms with E-state index in [1.807, 2.05) is 0 Å². The minimum Gasteiger partial charge on any atom is -0.348 e. The van der Waals surface area contributed by atoms with Gasteiger partial charge in [-0.05, 0) is 32.0 Å². The van der Waals surface area contributed by atoms with Gasteiger partial charge in [0.15, 0.2) is 0 Å². The van der Waals surface area contributed by atoms with Gasteiger partial charge in [-0.25, -0.2) is 9.07 Å². The number of amides is 1. The van der Waals surface area contributed by atoms with E-state index >= 15 is 0 Å². The van der Waals surface area contributed by atoms with Gasteiger partial charge in [-0.2, -0.15) is 5.10 Å². The van der Waals surface area contributed by atoms with Gasteiger partial charge in [-0.3, -0.25) is 4.79 Å². The van der Waals surface area contributed by atoms with Crippen molar-refractivity contribution in [3.8, 4) is 5.69 Å². The van der Waals surface area contributed by atoms with Gasteiger partial charge in [0.25, 0.3) is 5.91 Å². The monoisotopic (exact) mass is 314 g/mol. The lowest BCUT2D eigenvalue weighted by molar-refractivity contribution is 0.0956. The number of aromatic nitrogens is 2. The van der Waals surface area contributed by atoms with Gasteiger partial charge in [0, 0.05) is 13.1 Å². The Morgan fingerprint density at radius 2 is 2.26 bits per heavy atom. The van der Waals surface area contributed by atoms with Crippen LogP contribution < -0.4 is 10.6 Å². The van der Waals surface area contributed by atoms with Crippen LogP contribution in [0.25, 0.3) is 5.69 Å². The molecule has 1 aliphatic heterocycles. The van der Waals surface area contributed by atoms with E-state index in [-0.39, 0.29) is 11.7 Å². The molecule has 5 nitrogen and oxygen atoms in total. The minimum atomic E-state index is -0.370. The average Bonchev–Trinajstić information content (AvgIpc) is 2.95. The van der Waals surface area contributed by atoms with Crippen LogP contribution in [0.3, 0.4) is 0 Å². The van der Waals surface area contributed by atoms with Crippen LogP contribution >= 0.6 is 0 Å². The molecule has 120 valence electrons. The van der Waals surface area contributed by atoms with E-state index < -0.39 is 0 Å². The van der Waals surface area contributed by atoms with E-state index in [1.54, 1.807) is 25.1 Å². The van der Waals surface area contributed by atoms with E-state index in [9.17, 15) is 9.18 Å². The Kier molecular flexibility index (Phi) is 4.52. The maximum absolute atomic E-state index is 13.9. The number of carbonyl (C=O) groups is 1. The van der Waals surface area contributed by atoms with E-state index in [2.05, 4.69) is 21.8 Å². The van der Waals surface area contributed by atoms with Crippen LogP contribution in [-0.4, -0.2) is 35.3 Å². The number of halogens is 1. The third-order valence-corrected chi connectivity index (χ3v) is 3.97. The Hall–Kier alpha value is -2.47. The third kappa shape index (κ3) is 3.32. The van der Waals surface area contributed by atoms with Crippen molar-refractivity contribution in [1.82, 2.24) is 20.4 Å². The van der Waals surface area contributed by atoms with E-state index in [0.29, 0.717) is 23.5 Å². The van der Waals surface area contributed by atoms with Crippen molar-refractivity contribution < 1.29 is 9.18 Å². The molecule has 1 aromatic carbocycles. The molecule has 23 heavy (non-hydrogen) atoms. The Morgan fingerprint density at radius 3 is 3.00 bits per heavy atom. The predicted octanol–water partition coefficient (Wildman–Crippen LogP) is 1.97. The molecule has 0 saturated heterocycles. The first-order chi connectivity index (χ1) is 11.2. The summed E-state index contributed by atoms with van der Waals surface area (Å²) in [5, 5.41) is 10.3. The zero-order valence-corrected chi connectivity index (χ0v) is 13.0. The second-order valence-electron chi connectivity index (χ2n) is 5.51. The standard InChI is InChI=1S/C17H19FN4O/c1-12-14(17(23)20-10-13-6-8-19-9-7-13)11-21-22(12)16-5-3-2-4-15(16)18/h2-6,11,19H,7-10H2,1H3,(H,20,23). The van der Waals surface area contributed by atoms with Gasteiger partial charge in [0.1, 0.15) is 11.5 Å². The number of carbonyl (C=O) groups excluding carboxylic acids is 1. The number of para-hydroxylation sites is 1. The van der Waals surface area contributed by atoms with Crippen molar-refractivity contribution >= 4 is 5.91 Å². The molecule has 3 rings (SSSR count). The number of hydrogen-bond donors (Lipinski definition) is 2. The summed E-state index contributed by atoms with van der Waals surface area (Å²) in [5.41, 5.74) is 2.64. The van der Waals surface area contributed by atoms with Crippen molar-refractivity contribution in [3.63, 3.8) is 0 Å².